The summed E-state index contributed by atoms with van der Waals surface area (Å²) >= 11 is 0. The fourth-order valence-electron chi connectivity index (χ4n) is 3.69. The molecule has 8 heteroatoms. The largest absolute Gasteiger partial charge is 0.326 e. The number of H-pyrrole nitrogens is 2. The molecule has 1 fully saturated rings. The number of fused-ring (bicyclic) bond motifs is 1. The summed E-state index contributed by atoms with van der Waals surface area (Å²) in [6.07, 6.45) is 1.69. The second kappa shape index (κ2) is 8.32. The molecule has 1 aliphatic rings. The van der Waals surface area contributed by atoms with Gasteiger partial charge >= 0.3 is 5.69 Å². The Hall–Kier alpha value is -3.39. The van der Waals surface area contributed by atoms with Crippen molar-refractivity contribution >= 4 is 34.2 Å². The third kappa shape index (κ3) is 4.72. The van der Waals surface area contributed by atoms with Crippen LogP contribution in [0.1, 0.15) is 12.8 Å². The van der Waals surface area contributed by atoms with Gasteiger partial charge in [-0.15, -0.1) is 0 Å². The number of carbonyl (C=O) groups excluding carboxylic acids is 2. The number of anilines is 2. The highest BCUT2D eigenvalue weighted by Crippen LogP contribution is 2.19. The van der Waals surface area contributed by atoms with E-state index in [1.165, 1.54) is 0 Å². The van der Waals surface area contributed by atoms with Gasteiger partial charge in [-0.05, 0) is 49.7 Å². The van der Waals surface area contributed by atoms with Crippen LogP contribution in [0, 0.1) is 5.92 Å². The number of benzene rings is 2. The highest BCUT2D eigenvalue weighted by molar-refractivity contribution is 5.95. The van der Waals surface area contributed by atoms with E-state index < -0.39 is 0 Å². The first-order chi connectivity index (χ1) is 14.1. The van der Waals surface area contributed by atoms with E-state index in [4.69, 9.17) is 0 Å². The number of imidazole rings is 1. The minimum Gasteiger partial charge on any atom is -0.326 e. The SMILES string of the molecule is O=C(CN1CCCC(C(=O)Nc2ccccc2)C1)Nc1ccc2[nH]c(=O)[nH]c2c1. The van der Waals surface area contributed by atoms with Crippen LogP contribution < -0.4 is 16.3 Å². The van der Waals surface area contributed by atoms with E-state index in [2.05, 4.69) is 20.6 Å². The molecule has 0 bridgehead atoms. The Bertz CT molecular complexity index is 1070. The number of carbonyl (C=O) groups is 2. The maximum atomic E-state index is 12.5. The molecule has 1 saturated heterocycles. The fraction of sp³-hybridized carbons (Fsp3) is 0.286. The first kappa shape index (κ1) is 18.9. The van der Waals surface area contributed by atoms with E-state index in [0.29, 0.717) is 23.3 Å². The molecule has 150 valence electrons. The molecular weight excluding hydrogens is 370 g/mol. The summed E-state index contributed by atoms with van der Waals surface area (Å²) < 4.78 is 0. The number of para-hydroxylation sites is 1. The molecule has 1 atom stereocenters. The van der Waals surface area contributed by atoms with Crippen molar-refractivity contribution in [1.29, 1.82) is 0 Å². The number of rotatable bonds is 5. The number of piperidine rings is 1. The molecule has 1 aromatic heterocycles. The molecule has 8 nitrogen and oxygen atoms in total. The third-order valence-electron chi connectivity index (χ3n) is 5.08. The number of hydrogen-bond acceptors (Lipinski definition) is 4. The molecule has 0 aliphatic carbocycles. The van der Waals surface area contributed by atoms with E-state index in [1.54, 1.807) is 18.2 Å². The molecule has 2 heterocycles. The van der Waals surface area contributed by atoms with Crippen molar-refractivity contribution in [3.63, 3.8) is 0 Å². The number of nitrogens with zero attached hydrogens (tertiary/aromatic N) is 1. The number of nitrogens with one attached hydrogen (secondary N) is 4. The van der Waals surface area contributed by atoms with Gasteiger partial charge in [-0.25, -0.2) is 4.79 Å². The predicted molar refractivity (Wildman–Crippen MR) is 112 cm³/mol. The number of aromatic amines is 2. The molecule has 1 aliphatic heterocycles. The average molecular weight is 393 g/mol. The lowest BCUT2D eigenvalue weighted by atomic mass is 9.97. The quantitative estimate of drug-likeness (QED) is 0.532. The molecule has 3 aromatic rings. The minimum atomic E-state index is -0.281. The molecule has 4 rings (SSSR count). The van der Waals surface area contributed by atoms with Crippen molar-refractivity contribution in [2.24, 2.45) is 5.92 Å². The Labute approximate surface area is 167 Å². The lowest BCUT2D eigenvalue weighted by Gasteiger charge is -2.31. The zero-order valence-corrected chi connectivity index (χ0v) is 15.9. The van der Waals surface area contributed by atoms with Gasteiger partial charge in [0.05, 0.1) is 23.5 Å². The number of likely N-dealkylation sites (tertiary alicyclic amines) is 1. The van der Waals surface area contributed by atoms with Crippen LogP contribution in [0.15, 0.2) is 53.3 Å². The highest BCUT2D eigenvalue weighted by atomic mass is 16.2. The first-order valence-electron chi connectivity index (χ1n) is 9.67. The molecule has 0 spiro atoms. The van der Waals surface area contributed by atoms with Gasteiger partial charge in [-0.3, -0.25) is 14.5 Å². The summed E-state index contributed by atoms with van der Waals surface area (Å²) in [6.45, 7) is 1.56. The maximum Gasteiger partial charge on any atom is 0.323 e. The summed E-state index contributed by atoms with van der Waals surface area (Å²) in [7, 11) is 0. The van der Waals surface area contributed by atoms with Gasteiger partial charge in [-0.2, -0.15) is 0 Å². The third-order valence-corrected chi connectivity index (χ3v) is 5.08. The summed E-state index contributed by atoms with van der Waals surface area (Å²) in [5.74, 6) is -0.299. The standard InChI is InChI=1S/C21H23N5O3/c27-19(22-16-8-9-17-18(11-16)25-21(29)24-17)13-26-10-4-5-14(12-26)20(28)23-15-6-2-1-3-7-15/h1-3,6-9,11,14H,4-5,10,12-13H2,(H,22,27)(H,23,28)(H2,24,25,29). The lowest BCUT2D eigenvalue weighted by Crippen LogP contribution is -2.43. The van der Waals surface area contributed by atoms with Crippen LogP contribution in [0.25, 0.3) is 11.0 Å². The normalized spacial score (nSPS) is 17.2. The summed E-state index contributed by atoms with van der Waals surface area (Å²) in [5.41, 5.74) is 2.45. The van der Waals surface area contributed by atoms with Gasteiger partial charge in [0.1, 0.15) is 0 Å². The number of aromatic nitrogens is 2. The first-order valence-corrected chi connectivity index (χ1v) is 9.67. The van der Waals surface area contributed by atoms with Gasteiger partial charge in [0.25, 0.3) is 0 Å². The maximum absolute atomic E-state index is 12.5. The van der Waals surface area contributed by atoms with E-state index in [0.717, 1.165) is 25.1 Å². The molecule has 0 radical (unpaired) electrons. The van der Waals surface area contributed by atoms with Crippen molar-refractivity contribution in [3.8, 4) is 0 Å². The van der Waals surface area contributed by atoms with Gasteiger partial charge in [-0.1, -0.05) is 18.2 Å². The summed E-state index contributed by atoms with van der Waals surface area (Å²) in [6, 6.07) is 14.6. The number of amides is 2. The van der Waals surface area contributed by atoms with Gasteiger partial charge in [0.2, 0.25) is 11.8 Å². The van der Waals surface area contributed by atoms with Crippen LogP contribution in [0.2, 0.25) is 0 Å². The van der Waals surface area contributed by atoms with Crippen LogP contribution in [0.4, 0.5) is 11.4 Å². The van der Waals surface area contributed by atoms with E-state index >= 15 is 0 Å². The molecule has 29 heavy (non-hydrogen) atoms. The van der Waals surface area contributed by atoms with Crippen LogP contribution >= 0.6 is 0 Å². The van der Waals surface area contributed by atoms with Gasteiger partial charge < -0.3 is 20.6 Å². The molecule has 2 aromatic carbocycles. The van der Waals surface area contributed by atoms with E-state index in [9.17, 15) is 14.4 Å². The molecule has 1 unspecified atom stereocenters. The predicted octanol–water partition coefficient (Wildman–Crippen LogP) is 2.15. The topological polar surface area (TPSA) is 110 Å². The smallest absolute Gasteiger partial charge is 0.323 e. The Kier molecular flexibility index (Phi) is 5.44. The Balaban J connectivity index is 1.32. The van der Waals surface area contributed by atoms with Crippen molar-refractivity contribution in [1.82, 2.24) is 14.9 Å². The monoisotopic (exact) mass is 393 g/mol. The average Bonchev–Trinajstić information content (AvgIpc) is 3.08. The van der Waals surface area contributed by atoms with Gasteiger partial charge in [0, 0.05) is 17.9 Å². The van der Waals surface area contributed by atoms with E-state index in [-0.39, 0.29) is 30.0 Å². The summed E-state index contributed by atoms with van der Waals surface area (Å²) in [4.78, 5) is 43.7. The Morgan fingerprint density at radius 1 is 1.00 bits per heavy atom. The molecule has 4 N–H and O–H groups in total. The number of hydrogen-bond donors (Lipinski definition) is 4. The Morgan fingerprint density at radius 2 is 1.79 bits per heavy atom. The summed E-state index contributed by atoms with van der Waals surface area (Å²) in [5, 5.41) is 5.80. The fourth-order valence-corrected chi connectivity index (χ4v) is 3.69. The highest BCUT2D eigenvalue weighted by Gasteiger charge is 2.27. The lowest BCUT2D eigenvalue weighted by molar-refractivity contribution is -0.123. The minimum absolute atomic E-state index is 0.0110. The van der Waals surface area contributed by atoms with Crippen LogP contribution in [-0.4, -0.2) is 46.3 Å². The zero-order valence-electron chi connectivity index (χ0n) is 15.9. The van der Waals surface area contributed by atoms with Crippen molar-refractivity contribution in [3.05, 3.63) is 59.0 Å². The van der Waals surface area contributed by atoms with Crippen LogP contribution in [0.3, 0.4) is 0 Å². The Morgan fingerprint density at radius 3 is 2.62 bits per heavy atom. The van der Waals surface area contributed by atoms with Crippen molar-refractivity contribution in [2.75, 3.05) is 30.3 Å². The van der Waals surface area contributed by atoms with Crippen LogP contribution in [-0.2, 0) is 9.59 Å². The van der Waals surface area contributed by atoms with Crippen molar-refractivity contribution in [2.45, 2.75) is 12.8 Å². The second-order valence-corrected chi connectivity index (χ2v) is 7.32. The molecule has 2 amide bonds. The molecular formula is C21H23N5O3. The van der Waals surface area contributed by atoms with E-state index in [1.807, 2.05) is 35.2 Å². The second-order valence-electron chi connectivity index (χ2n) is 7.32. The van der Waals surface area contributed by atoms with Gasteiger partial charge in [0.15, 0.2) is 0 Å². The van der Waals surface area contributed by atoms with Crippen LogP contribution in [0.5, 0.6) is 0 Å². The zero-order chi connectivity index (χ0) is 20.2. The molecule has 0 saturated carbocycles. The van der Waals surface area contributed by atoms with Crippen molar-refractivity contribution < 1.29 is 9.59 Å².